The van der Waals surface area contributed by atoms with Crippen LogP contribution in [0.4, 0.5) is 0 Å². The van der Waals surface area contributed by atoms with Gasteiger partial charge in [0.2, 0.25) is 0 Å². The van der Waals surface area contributed by atoms with E-state index in [9.17, 15) is 5.11 Å². The largest absolute Gasteiger partial charge is 0.396 e. The zero-order valence-corrected chi connectivity index (χ0v) is 9.37. The van der Waals surface area contributed by atoms with Crippen LogP contribution in [-0.2, 0) is 13.5 Å². The molecule has 0 aliphatic carbocycles. The molecule has 1 N–H and O–H groups in total. The van der Waals surface area contributed by atoms with Crippen LogP contribution in [0.15, 0.2) is 42.6 Å². The molecule has 0 radical (unpaired) electrons. The molecule has 2 aromatic rings. The maximum absolute atomic E-state index is 9.41. The molecule has 0 aliphatic rings. The lowest BCUT2D eigenvalue weighted by molar-refractivity contribution is 0.263. The summed E-state index contributed by atoms with van der Waals surface area (Å²) >= 11 is 0. The van der Waals surface area contributed by atoms with Crippen molar-refractivity contribution in [1.29, 1.82) is 0 Å². The lowest BCUT2D eigenvalue weighted by Crippen LogP contribution is -2.08. The van der Waals surface area contributed by atoms with Gasteiger partial charge in [-0.2, -0.15) is 5.10 Å². The van der Waals surface area contributed by atoms with E-state index in [2.05, 4.69) is 5.10 Å². The van der Waals surface area contributed by atoms with E-state index >= 15 is 0 Å². The number of nitrogens with zero attached hydrogens (tertiary/aromatic N) is 2. The Morgan fingerprint density at radius 1 is 1.25 bits per heavy atom. The number of hydrogen-bond acceptors (Lipinski definition) is 2. The fourth-order valence-electron chi connectivity index (χ4n) is 1.84. The Balaban J connectivity index is 2.12. The van der Waals surface area contributed by atoms with Gasteiger partial charge in [-0.15, -0.1) is 0 Å². The van der Waals surface area contributed by atoms with E-state index in [4.69, 9.17) is 0 Å². The van der Waals surface area contributed by atoms with Crippen LogP contribution in [0.3, 0.4) is 0 Å². The van der Waals surface area contributed by atoms with E-state index in [-0.39, 0.29) is 12.5 Å². The quantitative estimate of drug-likeness (QED) is 0.845. The number of aryl methyl sites for hydroxylation is 1. The van der Waals surface area contributed by atoms with Gasteiger partial charge in [0.15, 0.2) is 0 Å². The molecule has 0 fully saturated rings. The molecule has 0 spiro atoms. The van der Waals surface area contributed by atoms with Gasteiger partial charge in [-0.05, 0) is 11.6 Å². The topological polar surface area (TPSA) is 38.0 Å². The molecule has 16 heavy (non-hydrogen) atoms. The first kappa shape index (κ1) is 10.9. The fraction of sp³-hybridized carbons (Fsp3) is 0.308. The molecule has 84 valence electrons. The van der Waals surface area contributed by atoms with E-state index in [1.54, 1.807) is 4.68 Å². The normalized spacial score (nSPS) is 12.6. The summed E-state index contributed by atoms with van der Waals surface area (Å²) in [6.45, 7) is 0.153. The summed E-state index contributed by atoms with van der Waals surface area (Å²) < 4.78 is 1.79. The smallest absolute Gasteiger partial charge is 0.0631 e. The third kappa shape index (κ3) is 2.49. The van der Waals surface area contributed by atoms with E-state index < -0.39 is 0 Å². The van der Waals surface area contributed by atoms with Crippen molar-refractivity contribution in [3.63, 3.8) is 0 Å². The Kier molecular flexibility index (Phi) is 3.37. The summed E-state index contributed by atoms with van der Waals surface area (Å²) in [6.07, 6.45) is 2.70. The van der Waals surface area contributed by atoms with Gasteiger partial charge >= 0.3 is 0 Å². The predicted octanol–water partition coefficient (Wildman–Crippen LogP) is 1.74. The van der Waals surface area contributed by atoms with Crippen molar-refractivity contribution < 1.29 is 5.11 Å². The average molecular weight is 216 g/mol. The second-order valence-corrected chi connectivity index (χ2v) is 3.98. The zero-order valence-electron chi connectivity index (χ0n) is 9.37. The molecular weight excluding hydrogens is 200 g/mol. The molecule has 1 atom stereocenters. The molecule has 1 heterocycles. The highest BCUT2D eigenvalue weighted by Gasteiger charge is 2.12. The molecule has 0 amide bonds. The molecule has 1 unspecified atom stereocenters. The van der Waals surface area contributed by atoms with Gasteiger partial charge in [0.1, 0.15) is 0 Å². The van der Waals surface area contributed by atoms with Crippen molar-refractivity contribution in [3.8, 4) is 0 Å². The minimum absolute atomic E-state index is 0.135. The third-order valence-electron chi connectivity index (χ3n) is 2.72. The third-order valence-corrected chi connectivity index (χ3v) is 2.72. The van der Waals surface area contributed by atoms with Crippen LogP contribution in [0, 0.1) is 0 Å². The van der Waals surface area contributed by atoms with Crippen molar-refractivity contribution in [3.05, 3.63) is 53.9 Å². The molecule has 1 aromatic carbocycles. The van der Waals surface area contributed by atoms with E-state index in [0.29, 0.717) is 0 Å². The predicted molar refractivity (Wildman–Crippen MR) is 63.2 cm³/mol. The molecule has 0 bridgehead atoms. The minimum Gasteiger partial charge on any atom is -0.396 e. The van der Waals surface area contributed by atoms with Crippen LogP contribution in [0.2, 0.25) is 0 Å². The summed E-state index contributed by atoms with van der Waals surface area (Å²) in [5.74, 6) is 0.135. The fourth-order valence-corrected chi connectivity index (χ4v) is 1.84. The highest BCUT2D eigenvalue weighted by Crippen LogP contribution is 2.19. The van der Waals surface area contributed by atoms with Crippen molar-refractivity contribution in [2.45, 2.75) is 12.3 Å². The maximum atomic E-state index is 9.41. The second-order valence-electron chi connectivity index (χ2n) is 3.98. The maximum Gasteiger partial charge on any atom is 0.0631 e. The Labute approximate surface area is 95.3 Å². The van der Waals surface area contributed by atoms with Crippen LogP contribution in [-0.4, -0.2) is 21.5 Å². The van der Waals surface area contributed by atoms with Gasteiger partial charge in [-0.3, -0.25) is 4.68 Å². The monoisotopic (exact) mass is 216 g/mol. The van der Waals surface area contributed by atoms with Crippen LogP contribution in [0.25, 0.3) is 0 Å². The van der Waals surface area contributed by atoms with Gasteiger partial charge in [0, 0.05) is 25.6 Å². The summed E-state index contributed by atoms with van der Waals surface area (Å²) in [4.78, 5) is 0. The lowest BCUT2D eigenvalue weighted by atomic mass is 9.95. The Hall–Kier alpha value is -1.61. The number of aliphatic hydroxyl groups excluding tert-OH is 1. The summed E-state index contributed by atoms with van der Waals surface area (Å²) in [5.41, 5.74) is 2.18. The van der Waals surface area contributed by atoms with E-state index in [1.807, 2.05) is 49.6 Å². The van der Waals surface area contributed by atoms with Crippen LogP contribution in [0.5, 0.6) is 0 Å². The first-order valence-electron chi connectivity index (χ1n) is 5.44. The number of rotatable bonds is 4. The van der Waals surface area contributed by atoms with Crippen molar-refractivity contribution in [2.75, 3.05) is 6.61 Å². The number of benzene rings is 1. The second kappa shape index (κ2) is 4.94. The van der Waals surface area contributed by atoms with Crippen molar-refractivity contribution in [2.24, 2.45) is 7.05 Å². The summed E-state index contributed by atoms with van der Waals surface area (Å²) in [7, 11) is 1.90. The van der Waals surface area contributed by atoms with Gasteiger partial charge < -0.3 is 5.11 Å². The highest BCUT2D eigenvalue weighted by molar-refractivity contribution is 5.21. The molecule has 1 aromatic heterocycles. The van der Waals surface area contributed by atoms with Gasteiger partial charge in [0.25, 0.3) is 0 Å². The van der Waals surface area contributed by atoms with Crippen molar-refractivity contribution in [1.82, 2.24) is 9.78 Å². The molecule has 3 heteroatoms. The van der Waals surface area contributed by atoms with Crippen LogP contribution < -0.4 is 0 Å². The van der Waals surface area contributed by atoms with E-state index in [0.717, 1.165) is 17.7 Å². The standard InChI is InChI=1S/C13H16N2O/c1-15-8-7-13(14-15)9-12(10-16)11-5-3-2-4-6-11/h2-8,12,16H,9-10H2,1H3. The average Bonchev–Trinajstić information content (AvgIpc) is 2.73. The number of hydrogen-bond donors (Lipinski definition) is 1. The Morgan fingerprint density at radius 3 is 2.56 bits per heavy atom. The molecule has 3 nitrogen and oxygen atoms in total. The molecule has 0 saturated carbocycles. The van der Waals surface area contributed by atoms with Crippen LogP contribution in [0.1, 0.15) is 17.2 Å². The minimum atomic E-state index is 0.135. The molecular formula is C13H16N2O. The zero-order chi connectivity index (χ0) is 11.4. The summed E-state index contributed by atoms with van der Waals surface area (Å²) in [6, 6.07) is 12.1. The highest BCUT2D eigenvalue weighted by atomic mass is 16.3. The molecule has 0 aliphatic heterocycles. The van der Waals surface area contributed by atoms with Gasteiger partial charge in [-0.1, -0.05) is 30.3 Å². The summed E-state index contributed by atoms with van der Waals surface area (Å²) in [5, 5.41) is 13.7. The first-order valence-corrected chi connectivity index (χ1v) is 5.44. The van der Waals surface area contributed by atoms with E-state index in [1.165, 1.54) is 0 Å². The molecule has 2 rings (SSSR count). The van der Waals surface area contributed by atoms with Gasteiger partial charge in [0.05, 0.1) is 12.3 Å². The van der Waals surface area contributed by atoms with Crippen molar-refractivity contribution >= 4 is 0 Å². The Bertz CT molecular complexity index is 436. The number of aromatic nitrogens is 2. The Morgan fingerprint density at radius 2 is 2.00 bits per heavy atom. The first-order chi connectivity index (χ1) is 7.79. The number of aliphatic hydroxyl groups is 1. The lowest BCUT2D eigenvalue weighted by Gasteiger charge is -2.12. The van der Waals surface area contributed by atoms with Crippen LogP contribution >= 0.6 is 0 Å². The molecule has 0 saturated heterocycles. The SMILES string of the molecule is Cn1ccc(CC(CO)c2ccccc2)n1. The van der Waals surface area contributed by atoms with Gasteiger partial charge in [-0.25, -0.2) is 0 Å².